The van der Waals surface area contributed by atoms with E-state index in [9.17, 15) is 8.78 Å². The zero-order valence-electron chi connectivity index (χ0n) is 20.1. The molecule has 1 aliphatic heterocycles. The molecule has 2 N–H and O–H groups in total. The lowest BCUT2D eigenvalue weighted by Gasteiger charge is -2.15. The molecule has 9 nitrogen and oxygen atoms in total. The van der Waals surface area contributed by atoms with Gasteiger partial charge in [0.2, 0.25) is 0 Å². The lowest BCUT2D eigenvalue weighted by molar-refractivity contribution is 0.0115. The lowest BCUT2D eigenvalue weighted by Crippen LogP contribution is -2.24. The summed E-state index contributed by atoms with van der Waals surface area (Å²) >= 11 is 0. The quantitative estimate of drug-likeness (QED) is 0.341. The molecule has 0 saturated carbocycles. The number of hydrogen-bond acceptors (Lipinski definition) is 7. The van der Waals surface area contributed by atoms with E-state index in [0.717, 1.165) is 38.8 Å². The molecule has 38 heavy (non-hydrogen) atoms. The number of hydrogen-bond donors (Lipinski definition) is 2. The van der Waals surface area contributed by atoms with Crippen LogP contribution in [0.15, 0.2) is 67.5 Å². The molecular formula is C27H21F2N9. The van der Waals surface area contributed by atoms with Crippen molar-refractivity contribution in [3.63, 3.8) is 0 Å². The molecule has 0 aliphatic carbocycles. The fourth-order valence-corrected chi connectivity index (χ4v) is 4.92. The first-order valence-electron chi connectivity index (χ1n) is 12.2. The van der Waals surface area contributed by atoms with E-state index in [4.69, 9.17) is 9.97 Å². The molecule has 6 aromatic heterocycles. The number of aromatic nitrogens is 8. The largest absolute Gasteiger partial charge is 0.335 e. The minimum absolute atomic E-state index is 0.108. The third kappa shape index (κ3) is 4.06. The van der Waals surface area contributed by atoms with Crippen molar-refractivity contribution in [3.8, 4) is 33.9 Å². The summed E-state index contributed by atoms with van der Waals surface area (Å²) in [6.07, 6.45) is 10.3. The van der Waals surface area contributed by atoms with Crippen molar-refractivity contribution in [1.29, 1.82) is 0 Å². The molecule has 1 saturated heterocycles. The van der Waals surface area contributed by atoms with Crippen molar-refractivity contribution in [2.45, 2.75) is 18.9 Å². The maximum Gasteiger partial charge on any atom is 0.261 e. The number of pyridine rings is 4. The van der Waals surface area contributed by atoms with Gasteiger partial charge in [-0.1, -0.05) is 6.07 Å². The molecule has 0 unspecified atom stereocenters. The first kappa shape index (κ1) is 22.5. The highest BCUT2D eigenvalue weighted by molar-refractivity contribution is 5.95. The average Bonchev–Trinajstić information content (AvgIpc) is 3.64. The normalized spacial score (nSPS) is 15.5. The molecule has 188 valence electrons. The van der Waals surface area contributed by atoms with Gasteiger partial charge < -0.3 is 4.98 Å². The number of imidazole rings is 1. The van der Waals surface area contributed by atoms with Crippen LogP contribution in [0, 0.1) is 0 Å². The minimum atomic E-state index is -2.62. The summed E-state index contributed by atoms with van der Waals surface area (Å²) in [5.41, 5.74) is 7.69. The standard InChI is InChI=1S/C27H21F2N9/c28-27(29)5-7-38(15-27)14-16-8-18(11-31-9-16)20-3-4-21-24(33-20)25(37-36-21)26-34-22-13-32-12-19(23(22)35-26)17-2-1-6-30-10-17/h1-4,6,8-13H,5,7,14-15H2,(H,34,35)(H,36,37). The van der Waals surface area contributed by atoms with Gasteiger partial charge in [-0.3, -0.25) is 25.0 Å². The molecule has 1 aliphatic rings. The number of likely N-dealkylation sites (tertiary alicyclic amines) is 1. The third-order valence-electron chi connectivity index (χ3n) is 6.74. The fraction of sp³-hybridized carbons (Fsp3) is 0.185. The number of fused-ring (bicyclic) bond motifs is 2. The maximum absolute atomic E-state index is 13.6. The highest BCUT2D eigenvalue weighted by atomic mass is 19.3. The Balaban J connectivity index is 1.24. The van der Waals surface area contributed by atoms with Gasteiger partial charge in [-0.05, 0) is 29.8 Å². The molecule has 0 bridgehead atoms. The summed E-state index contributed by atoms with van der Waals surface area (Å²) in [7, 11) is 0. The van der Waals surface area contributed by atoms with Crippen LogP contribution in [0.4, 0.5) is 8.78 Å². The Morgan fingerprint density at radius 3 is 2.63 bits per heavy atom. The smallest absolute Gasteiger partial charge is 0.261 e. The average molecular weight is 510 g/mol. The van der Waals surface area contributed by atoms with Crippen LogP contribution in [0.3, 0.4) is 0 Å². The first-order chi connectivity index (χ1) is 18.5. The highest BCUT2D eigenvalue weighted by Crippen LogP contribution is 2.32. The Hall–Kier alpha value is -4.64. The van der Waals surface area contributed by atoms with Gasteiger partial charge in [0.05, 0.1) is 29.5 Å². The Labute approximate surface area is 215 Å². The summed E-state index contributed by atoms with van der Waals surface area (Å²) in [6.45, 7) is 0.562. The van der Waals surface area contributed by atoms with Crippen molar-refractivity contribution < 1.29 is 8.78 Å². The number of rotatable bonds is 5. The maximum atomic E-state index is 13.6. The van der Waals surface area contributed by atoms with Gasteiger partial charge in [0.1, 0.15) is 11.0 Å². The summed E-state index contributed by atoms with van der Waals surface area (Å²) in [4.78, 5) is 27.7. The van der Waals surface area contributed by atoms with Crippen molar-refractivity contribution >= 4 is 22.1 Å². The highest BCUT2D eigenvalue weighted by Gasteiger charge is 2.37. The van der Waals surface area contributed by atoms with E-state index >= 15 is 0 Å². The molecule has 0 spiro atoms. The van der Waals surface area contributed by atoms with Gasteiger partial charge in [0.25, 0.3) is 5.92 Å². The van der Waals surface area contributed by atoms with Crippen LogP contribution in [0.2, 0.25) is 0 Å². The second kappa shape index (κ2) is 8.73. The Morgan fingerprint density at radius 1 is 0.895 bits per heavy atom. The number of nitrogens with one attached hydrogen (secondary N) is 2. The van der Waals surface area contributed by atoms with Crippen molar-refractivity contribution in [2.75, 3.05) is 13.1 Å². The van der Waals surface area contributed by atoms with E-state index in [1.54, 1.807) is 42.1 Å². The molecule has 7 heterocycles. The van der Waals surface area contributed by atoms with Crippen LogP contribution >= 0.6 is 0 Å². The second-order valence-corrected chi connectivity index (χ2v) is 9.47. The Kier molecular flexibility index (Phi) is 5.18. The molecule has 7 rings (SSSR count). The van der Waals surface area contributed by atoms with Crippen LogP contribution in [0.25, 0.3) is 56.0 Å². The van der Waals surface area contributed by atoms with Crippen LogP contribution in [-0.2, 0) is 6.54 Å². The zero-order valence-corrected chi connectivity index (χ0v) is 20.1. The Bertz CT molecular complexity index is 1780. The van der Waals surface area contributed by atoms with Crippen LogP contribution in [0.1, 0.15) is 12.0 Å². The van der Waals surface area contributed by atoms with Gasteiger partial charge >= 0.3 is 0 Å². The third-order valence-corrected chi connectivity index (χ3v) is 6.74. The van der Waals surface area contributed by atoms with E-state index in [1.807, 2.05) is 30.3 Å². The van der Waals surface area contributed by atoms with Crippen molar-refractivity contribution in [1.82, 2.24) is 45.0 Å². The van der Waals surface area contributed by atoms with Gasteiger partial charge in [-0.15, -0.1) is 0 Å². The number of nitrogens with zero attached hydrogens (tertiary/aromatic N) is 7. The second-order valence-electron chi connectivity index (χ2n) is 9.47. The first-order valence-corrected chi connectivity index (χ1v) is 12.2. The van der Waals surface area contributed by atoms with Gasteiger partial charge in [0.15, 0.2) is 11.5 Å². The number of halogens is 2. The molecular weight excluding hydrogens is 488 g/mol. The molecule has 0 aromatic carbocycles. The minimum Gasteiger partial charge on any atom is -0.335 e. The summed E-state index contributed by atoms with van der Waals surface area (Å²) in [5, 5.41) is 7.52. The molecule has 1 fully saturated rings. The van der Waals surface area contributed by atoms with Crippen LogP contribution in [-0.4, -0.2) is 64.0 Å². The van der Waals surface area contributed by atoms with Gasteiger partial charge in [-0.2, -0.15) is 5.10 Å². The number of H-pyrrole nitrogens is 2. The Morgan fingerprint density at radius 2 is 1.79 bits per heavy atom. The number of alkyl halides is 2. The SMILES string of the molecule is FC1(F)CCN(Cc2cncc(-c3ccc4[nH]nc(-c5nc6c(-c7cccnc7)cncc6[nH]5)c4n3)c2)C1. The van der Waals surface area contributed by atoms with Crippen LogP contribution in [0.5, 0.6) is 0 Å². The summed E-state index contributed by atoms with van der Waals surface area (Å²) < 4.78 is 27.2. The topological polar surface area (TPSA) is 112 Å². The van der Waals surface area contributed by atoms with E-state index in [0.29, 0.717) is 35.8 Å². The lowest BCUT2D eigenvalue weighted by atomic mass is 10.1. The summed E-state index contributed by atoms with van der Waals surface area (Å²) in [5.74, 6) is -2.06. The van der Waals surface area contributed by atoms with E-state index in [1.165, 1.54) is 0 Å². The van der Waals surface area contributed by atoms with Crippen molar-refractivity contribution in [2.24, 2.45) is 0 Å². The fourth-order valence-electron chi connectivity index (χ4n) is 4.92. The predicted molar refractivity (Wildman–Crippen MR) is 138 cm³/mol. The van der Waals surface area contributed by atoms with E-state index in [2.05, 4.69) is 30.1 Å². The van der Waals surface area contributed by atoms with E-state index in [-0.39, 0.29) is 13.0 Å². The molecule has 0 atom stereocenters. The van der Waals surface area contributed by atoms with Gasteiger partial charge in [0, 0.05) is 67.2 Å². The van der Waals surface area contributed by atoms with E-state index < -0.39 is 5.92 Å². The van der Waals surface area contributed by atoms with Crippen molar-refractivity contribution in [3.05, 3.63) is 73.1 Å². The molecule has 6 aromatic rings. The van der Waals surface area contributed by atoms with Gasteiger partial charge in [-0.25, -0.2) is 18.7 Å². The number of aromatic amines is 2. The zero-order chi connectivity index (χ0) is 25.7. The molecule has 0 amide bonds. The molecule has 11 heteroatoms. The monoisotopic (exact) mass is 509 g/mol. The summed E-state index contributed by atoms with van der Waals surface area (Å²) in [6, 6.07) is 9.58. The predicted octanol–water partition coefficient (Wildman–Crippen LogP) is 4.86. The molecule has 0 radical (unpaired) electrons. The van der Waals surface area contributed by atoms with Crippen LogP contribution < -0.4 is 0 Å².